The standard InChI is InChI=1S/C10H8Cl2N4O2/c1-5-9(16(17)18)10(15-14-5)13-7-4-2-3-6(11)8(7)12/h2-4H,1H3,(H2,13,14,15). The zero-order valence-corrected chi connectivity index (χ0v) is 10.7. The smallest absolute Gasteiger partial charge is 0.332 e. The van der Waals surface area contributed by atoms with Gasteiger partial charge in [-0.3, -0.25) is 15.2 Å². The van der Waals surface area contributed by atoms with Gasteiger partial charge in [-0.15, -0.1) is 5.10 Å². The topological polar surface area (TPSA) is 83.8 Å². The van der Waals surface area contributed by atoms with Gasteiger partial charge >= 0.3 is 5.69 Å². The summed E-state index contributed by atoms with van der Waals surface area (Å²) >= 11 is 11.8. The second kappa shape index (κ2) is 4.83. The molecule has 18 heavy (non-hydrogen) atoms. The van der Waals surface area contributed by atoms with E-state index < -0.39 is 4.92 Å². The highest BCUT2D eigenvalue weighted by Crippen LogP contribution is 2.34. The normalized spacial score (nSPS) is 10.4. The minimum atomic E-state index is -0.514. The predicted octanol–water partition coefficient (Wildman–Crippen LogP) is 3.68. The molecule has 0 saturated carbocycles. The van der Waals surface area contributed by atoms with Crippen LogP contribution in [-0.2, 0) is 0 Å². The van der Waals surface area contributed by atoms with Crippen molar-refractivity contribution in [3.63, 3.8) is 0 Å². The molecule has 0 amide bonds. The Bertz CT molecular complexity index is 612. The number of hydrogen-bond donors (Lipinski definition) is 2. The summed E-state index contributed by atoms with van der Waals surface area (Å²) in [5.41, 5.74) is 0.699. The van der Waals surface area contributed by atoms with Gasteiger partial charge in [-0.1, -0.05) is 29.3 Å². The Morgan fingerprint density at radius 2 is 2.17 bits per heavy atom. The number of halogens is 2. The molecule has 0 saturated heterocycles. The molecular formula is C10H8Cl2N4O2. The Morgan fingerprint density at radius 3 is 2.83 bits per heavy atom. The summed E-state index contributed by atoms with van der Waals surface area (Å²) in [6, 6.07) is 4.96. The van der Waals surface area contributed by atoms with E-state index in [0.717, 1.165) is 0 Å². The Labute approximate surface area is 112 Å². The third-order valence-corrected chi connectivity index (χ3v) is 3.12. The molecule has 8 heteroatoms. The molecule has 0 atom stereocenters. The first-order valence-corrected chi connectivity index (χ1v) is 5.66. The van der Waals surface area contributed by atoms with Gasteiger partial charge in [0.05, 0.1) is 20.7 Å². The van der Waals surface area contributed by atoms with Crippen molar-refractivity contribution in [2.75, 3.05) is 5.32 Å². The number of hydrogen-bond acceptors (Lipinski definition) is 4. The van der Waals surface area contributed by atoms with E-state index in [1.807, 2.05) is 0 Å². The molecule has 1 aromatic carbocycles. The van der Waals surface area contributed by atoms with E-state index in [2.05, 4.69) is 15.5 Å². The van der Waals surface area contributed by atoms with Crippen molar-refractivity contribution >= 4 is 40.4 Å². The SMILES string of the molecule is Cc1[nH]nc(Nc2cccc(Cl)c2Cl)c1[N+](=O)[O-]. The quantitative estimate of drug-likeness (QED) is 0.666. The van der Waals surface area contributed by atoms with Crippen LogP contribution in [0.2, 0.25) is 10.0 Å². The number of aromatic amines is 1. The van der Waals surface area contributed by atoms with E-state index in [1.54, 1.807) is 25.1 Å². The van der Waals surface area contributed by atoms with Crippen LogP contribution in [0.15, 0.2) is 18.2 Å². The monoisotopic (exact) mass is 286 g/mol. The molecule has 6 nitrogen and oxygen atoms in total. The van der Waals surface area contributed by atoms with E-state index >= 15 is 0 Å². The number of aromatic nitrogens is 2. The van der Waals surface area contributed by atoms with Crippen molar-refractivity contribution in [2.45, 2.75) is 6.92 Å². The van der Waals surface area contributed by atoms with Gasteiger partial charge in [-0.25, -0.2) is 0 Å². The fraction of sp³-hybridized carbons (Fsp3) is 0.100. The lowest BCUT2D eigenvalue weighted by Gasteiger charge is -2.06. The third-order valence-electron chi connectivity index (χ3n) is 2.30. The molecule has 0 spiro atoms. The van der Waals surface area contributed by atoms with E-state index in [1.165, 1.54) is 0 Å². The lowest BCUT2D eigenvalue weighted by atomic mass is 10.3. The molecule has 2 N–H and O–H groups in total. The van der Waals surface area contributed by atoms with E-state index in [9.17, 15) is 10.1 Å². The van der Waals surface area contributed by atoms with Crippen LogP contribution in [0.5, 0.6) is 0 Å². The second-order valence-corrected chi connectivity index (χ2v) is 4.31. The van der Waals surface area contributed by atoms with Crippen LogP contribution in [0, 0.1) is 17.0 Å². The van der Waals surface area contributed by atoms with E-state index in [-0.39, 0.29) is 16.5 Å². The first-order chi connectivity index (χ1) is 8.50. The van der Waals surface area contributed by atoms with Crippen molar-refractivity contribution in [2.24, 2.45) is 0 Å². The number of aryl methyl sites for hydroxylation is 1. The molecule has 0 bridgehead atoms. The zero-order chi connectivity index (χ0) is 13.3. The van der Waals surface area contributed by atoms with Gasteiger partial charge in [-0.05, 0) is 19.1 Å². The van der Waals surface area contributed by atoms with Crippen molar-refractivity contribution in [1.82, 2.24) is 10.2 Å². The number of nitrogens with zero attached hydrogens (tertiary/aromatic N) is 2. The highest BCUT2D eigenvalue weighted by Gasteiger charge is 2.22. The highest BCUT2D eigenvalue weighted by molar-refractivity contribution is 6.43. The predicted molar refractivity (Wildman–Crippen MR) is 69.7 cm³/mol. The molecule has 0 aliphatic rings. The molecule has 2 rings (SSSR count). The summed E-state index contributed by atoms with van der Waals surface area (Å²) in [4.78, 5) is 10.4. The largest absolute Gasteiger partial charge is 0.333 e. The number of nitrogens with one attached hydrogen (secondary N) is 2. The van der Waals surface area contributed by atoms with Gasteiger partial charge in [-0.2, -0.15) is 0 Å². The van der Waals surface area contributed by atoms with E-state index in [0.29, 0.717) is 16.4 Å². The van der Waals surface area contributed by atoms with Gasteiger partial charge in [0.2, 0.25) is 5.82 Å². The van der Waals surface area contributed by atoms with Crippen LogP contribution in [0.25, 0.3) is 0 Å². The molecule has 0 aliphatic carbocycles. The summed E-state index contributed by atoms with van der Waals surface area (Å²) < 4.78 is 0. The average Bonchev–Trinajstić information content (AvgIpc) is 2.66. The van der Waals surface area contributed by atoms with Crippen molar-refractivity contribution in [3.05, 3.63) is 44.1 Å². The molecule has 2 aromatic rings. The second-order valence-electron chi connectivity index (χ2n) is 3.53. The Morgan fingerprint density at radius 1 is 1.44 bits per heavy atom. The first kappa shape index (κ1) is 12.7. The van der Waals surface area contributed by atoms with Gasteiger partial charge < -0.3 is 5.32 Å². The van der Waals surface area contributed by atoms with Gasteiger partial charge in [0, 0.05) is 0 Å². The maximum atomic E-state index is 10.9. The van der Waals surface area contributed by atoms with Gasteiger partial charge in [0.15, 0.2) is 0 Å². The number of anilines is 2. The zero-order valence-electron chi connectivity index (χ0n) is 9.20. The van der Waals surface area contributed by atoms with Crippen LogP contribution in [0.1, 0.15) is 5.69 Å². The number of H-pyrrole nitrogens is 1. The maximum Gasteiger partial charge on any atom is 0.333 e. The lowest BCUT2D eigenvalue weighted by Crippen LogP contribution is -1.97. The number of nitro groups is 1. The van der Waals surface area contributed by atoms with Crippen molar-refractivity contribution in [3.8, 4) is 0 Å². The van der Waals surface area contributed by atoms with E-state index in [4.69, 9.17) is 23.2 Å². The third kappa shape index (κ3) is 2.25. The Kier molecular flexibility index (Phi) is 3.40. The van der Waals surface area contributed by atoms with Crippen molar-refractivity contribution in [1.29, 1.82) is 0 Å². The first-order valence-electron chi connectivity index (χ1n) is 4.91. The Balaban J connectivity index is 2.41. The lowest BCUT2D eigenvalue weighted by molar-refractivity contribution is -0.384. The molecule has 0 aliphatic heterocycles. The number of benzene rings is 1. The van der Waals surface area contributed by atoms with Gasteiger partial charge in [0.1, 0.15) is 5.69 Å². The minimum absolute atomic E-state index is 0.0988. The minimum Gasteiger partial charge on any atom is -0.332 e. The van der Waals surface area contributed by atoms with Gasteiger partial charge in [0.25, 0.3) is 0 Å². The summed E-state index contributed by atoms with van der Waals surface area (Å²) in [5.74, 6) is 0.0988. The fourth-order valence-electron chi connectivity index (χ4n) is 1.46. The summed E-state index contributed by atoms with van der Waals surface area (Å²) in [5, 5.41) is 20.7. The average molecular weight is 287 g/mol. The van der Waals surface area contributed by atoms with Crippen LogP contribution in [-0.4, -0.2) is 15.1 Å². The molecule has 0 radical (unpaired) electrons. The summed E-state index contributed by atoms with van der Waals surface area (Å²) in [6.07, 6.45) is 0. The van der Waals surface area contributed by atoms with Crippen LogP contribution in [0.4, 0.5) is 17.2 Å². The molecule has 1 aromatic heterocycles. The summed E-state index contributed by atoms with van der Waals surface area (Å²) in [6.45, 7) is 1.57. The molecule has 0 unspecified atom stereocenters. The fourth-order valence-corrected chi connectivity index (χ4v) is 1.81. The molecule has 1 heterocycles. The maximum absolute atomic E-state index is 10.9. The number of rotatable bonds is 3. The highest BCUT2D eigenvalue weighted by atomic mass is 35.5. The van der Waals surface area contributed by atoms with Crippen LogP contribution >= 0.6 is 23.2 Å². The molecule has 0 fully saturated rings. The van der Waals surface area contributed by atoms with Crippen LogP contribution in [0.3, 0.4) is 0 Å². The Hall–Kier alpha value is -1.79. The summed E-state index contributed by atoms with van der Waals surface area (Å²) in [7, 11) is 0. The van der Waals surface area contributed by atoms with Crippen LogP contribution < -0.4 is 5.32 Å². The van der Waals surface area contributed by atoms with Crippen molar-refractivity contribution < 1.29 is 4.92 Å². The molecular weight excluding hydrogens is 279 g/mol. The molecule has 94 valence electrons.